The van der Waals surface area contributed by atoms with Gasteiger partial charge in [0.05, 0.1) is 17.8 Å². The Bertz CT molecular complexity index is 405. The summed E-state index contributed by atoms with van der Waals surface area (Å²) in [4.78, 5) is 0. The monoisotopic (exact) mass is 260 g/mol. The lowest BCUT2D eigenvalue weighted by atomic mass is 9.86. The second kappa shape index (κ2) is 3.26. The third-order valence-corrected chi connectivity index (χ3v) is 2.68. The number of aliphatic hydroxyl groups is 1. The van der Waals surface area contributed by atoms with Gasteiger partial charge in [-0.05, 0) is 6.08 Å². The normalized spacial score (nSPS) is 32.8. The van der Waals surface area contributed by atoms with Crippen molar-refractivity contribution < 1.29 is 36.2 Å². The van der Waals surface area contributed by atoms with Crippen molar-refractivity contribution in [1.82, 2.24) is 0 Å². The molecule has 2 aliphatic heterocycles. The first-order chi connectivity index (χ1) is 7.62. The lowest BCUT2D eigenvalue weighted by Crippen LogP contribution is -2.39. The van der Waals surface area contributed by atoms with E-state index >= 15 is 0 Å². The van der Waals surface area contributed by atoms with E-state index in [0.717, 1.165) is 12.2 Å². The van der Waals surface area contributed by atoms with E-state index in [9.17, 15) is 26.3 Å². The first-order valence-corrected chi connectivity index (χ1v) is 4.49. The molecule has 0 aromatic heterocycles. The van der Waals surface area contributed by atoms with Crippen LogP contribution in [0.4, 0.5) is 26.3 Å². The van der Waals surface area contributed by atoms with Crippen LogP contribution in [0.15, 0.2) is 23.3 Å². The van der Waals surface area contributed by atoms with Gasteiger partial charge in [-0.2, -0.15) is 26.3 Å². The summed E-state index contributed by atoms with van der Waals surface area (Å²) in [6.45, 7) is -1.19. The molecule has 2 rings (SSSR count). The number of halogens is 6. The molecule has 0 fully saturated rings. The fourth-order valence-corrected chi connectivity index (χ4v) is 2.08. The van der Waals surface area contributed by atoms with Crippen LogP contribution in [0.5, 0.6) is 0 Å². The van der Waals surface area contributed by atoms with E-state index in [4.69, 9.17) is 5.11 Å². The topological polar surface area (TPSA) is 29.5 Å². The molecule has 8 heteroatoms. The Kier molecular flexibility index (Phi) is 2.38. The Morgan fingerprint density at radius 2 is 1.76 bits per heavy atom. The van der Waals surface area contributed by atoms with E-state index in [1.165, 1.54) is 0 Å². The number of ether oxygens (including phenoxy) is 1. The van der Waals surface area contributed by atoms with Crippen LogP contribution < -0.4 is 0 Å². The molecule has 0 saturated heterocycles. The van der Waals surface area contributed by atoms with E-state index < -0.39 is 41.8 Å². The zero-order valence-electron chi connectivity index (χ0n) is 8.06. The van der Waals surface area contributed by atoms with Crippen LogP contribution >= 0.6 is 0 Å². The predicted octanol–water partition coefficient (Wildman–Crippen LogP) is 2.11. The maximum atomic E-state index is 12.6. The number of alkyl halides is 6. The summed E-state index contributed by atoms with van der Waals surface area (Å²) in [5, 5.41) is 8.88. The zero-order valence-corrected chi connectivity index (χ0v) is 8.06. The minimum Gasteiger partial charge on any atom is -0.393 e. The van der Waals surface area contributed by atoms with Gasteiger partial charge in [-0.3, -0.25) is 0 Å². The number of rotatable bonds is 1. The van der Waals surface area contributed by atoms with Gasteiger partial charge in [0.15, 0.2) is 0 Å². The van der Waals surface area contributed by atoms with Crippen LogP contribution in [0.3, 0.4) is 0 Å². The Balaban J connectivity index is 2.62. The molecule has 2 atom stereocenters. The van der Waals surface area contributed by atoms with Crippen molar-refractivity contribution in [2.75, 3.05) is 6.61 Å². The van der Waals surface area contributed by atoms with Crippen LogP contribution in [-0.2, 0) is 4.74 Å². The highest BCUT2D eigenvalue weighted by Crippen LogP contribution is 2.53. The van der Waals surface area contributed by atoms with Crippen LogP contribution in [-0.4, -0.2) is 35.8 Å². The lowest BCUT2D eigenvalue weighted by molar-refractivity contribution is -0.123. The van der Waals surface area contributed by atoms with E-state index in [1.807, 2.05) is 0 Å². The molecule has 2 heterocycles. The standard InChI is InChI=1S/C9H6F6O2/c10-8(11,12)5-4-1-2-7(3-16,17-4)6(5)9(13,14)15/h1-2,4,16H,3H2/t4-,7-/m0/s1. The molecule has 0 unspecified atom stereocenters. The van der Waals surface area contributed by atoms with Crippen molar-refractivity contribution in [3.63, 3.8) is 0 Å². The van der Waals surface area contributed by atoms with Gasteiger partial charge in [-0.25, -0.2) is 0 Å². The molecule has 2 nitrogen and oxygen atoms in total. The lowest BCUT2D eigenvalue weighted by Gasteiger charge is -2.26. The minimum atomic E-state index is -5.20. The van der Waals surface area contributed by atoms with Crippen molar-refractivity contribution >= 4 is 0 Å². The molecule has 0 saturated carbocycles. The second-order valence-corrected chi connectivity index (χ2v) is 3.73. The Labute approximate surface area is 91.2 Å². The summed E-state index contributed by atoms with van der Waals surface area (Å²) >= 11 is 0. The third kappa shape index (κ3) is 1.66. The van der Waals surface area contributed by atoms with Gasteiger partial charge in [0.25, 0.3) is 0 Å². The second-order valence-electron chi connectivity index (χ2n) is 3.73. The van der Waals surface area contributed by atoms with Gasteiger partial charge in [-0.15, -0.1) is 0 Å². The first-order valence-electron chi connectivity index (χ1n) is 4.49. The molecule has 0 radical (unpaired) electrons. The van der Waals surface area contributed by atoms with Crippen molar-refractivity contribution in [3.8, 4) is 0 Å². The summed E-state index contributed by atoms with van der Waals surface area (Å²) in [6.07, 6.45) is -10.5. The largest absolute Gasteiger partial charge is 0.416 e. The zero-order chi connectivity index (χ0) is 13.1. The Morgan fingerprint density at radius 1 is 1.18 bits per heavy atom. The smallest absolute Gasteiger partial charge is 0.393 e. The van der Waals surface area contributed by atoms with Gasteiger partial charge >= 0.3 is 12.4 Å². The van der Waals surface area contributed by atoms with Gasteiger partial charge < -0.3 is 9.84 Å². The molecule has 0 spiro atoms. The highest BCUT2D eigenvalue weighted by molar-refractivity contribution is 5.49. The van der Waals surface area contributed by atoms with Gasteiger partial charge in [0.2, 0.25) is 0 Å². The van der Waals surface area contributed by atoms with Crippen molar-refractivity contribution in [2.45, 2.75) is 24.1 Å². The number of hydrogen-bond donors (Lipinski definition) is 1. The Morgan fingerprint density at radius 3 is 2.18 bits per heavy atom. The van der Waals surface area contributed by atoms with E-state index in [0.29, 0.717) is 0 Å². The highest BCUT2D eigenvalue weighted by Gasteiger charge is 2.63. The molecule has 0 aliphatic carbocycles. The maximum absolute atomic E-state index is 12.6. The average molecular weight is 260 g/mol. The van der Waals surface area contributed by atoms with Crippen molar-refractivity contribution in [2.24, 2.45) is 0 Å². The maximum Gasteiger partial charge on any atom is 0.416 e. The molecule has 17 heavy (non-hydrogen) atoms. The van der Waals surface area contributed by atoms with Crippen LogP contribution in [0, 0.1) is 0 Å². The van der Waals surface area contributed by atoms with Crippen LogP contribution in [0.1, 0.15) is 0 Å². The summed E-state index contributed by atoms with van der Waals surface area (Å²) in [5.41, 5.74) is -6.04. The Hall–Kier alpha value is -1.02. The van der Waals surface area contributed by atoms with Crippen molar-refractivity contribution in [1.29, 1.82) is 0 Å². The molecule has 1 N–H and O–H groups in total. The molecule has 0 aromatic carbocycles. The van der Waals surface area contributed by atoms with E-state index in [1.54, 1.807) is 0 Å². The molecule has 2 bridgehead atoms. The number of fused-ring (bicyclic) bond motifs is 2. The molecule has 2 aliphatic rings. The number of aliphatic hydroxyl groups excluding tert-OH is 1. The fourth-order valence-electron chi connectivity index (χ4n) is 2.08. The van der Waals surface area contributed by atoms with Gasteiger partial charge in [0.1, 0.15) is 11.7 Å². The SMILES string of the molecule is OC[C@]12C=C[C@H](O1)C(C(F)(F)F)=C2C(F)(F)F. The molecular formula is C9H6F6O2. The molecular weight excluding hydrogens is 254 g/mol. The summed E-state index contributed by atoms with van der Waals surface area (Å²) < 4.78 is 80.2. The molecule has 0 amide bonds. The third-order valence-electron chi connectivity index (χ3n) is 2.68. The molecule has 0 aromatic rings. The minimum absolute atomic E-state index is 0.815. The van der Waals surface area contributed by atoms with E-state index in [-0.39, 0.29) is 0 Å². The van der Waals surface area contributed by atoms with Crippen LogP contribution in [0.25, 0.3) is 0 Å². The summed E-state index contributed by atoms with van der Waals surface area (Å²) in [7, 11) is 0. The predicted molar refractivity (Wildman–Crippen MR) is 43.0 cm³/mol. The van der Waals surface area contributed by atoms with Crippen molar-refractivity contribution in [3.05, 3.63) is 23.3 Å². The molecule has 96 valence electrons. The van der Waals surface area contributed by atoms with Crippen LogP contribution in [0.2, 0.25) is 0 Å². The highest BCUT2D eigenvalue weighted by atomic mass is 19.4. The fraction of sp³-hybridized carbons (Fsp3) is 0.556. The first kappa shape index (κ1) is 12.4. The average Bonchev–Trinajstić information content (AvgIpc) is 2.70. The van der Waals surface area contributed by atoms with E-state index in [2.05, 4.69) is 4.74 Å². The number of hydrogen-bond acceptors (Lipinski definition) is 2. The quantitative estimate of drug-likeness (QED) is 0.578. The van der Waals surface area contributed by atoms with Gasteiger partial charge in [0, 0.05) is 0 Å². The summed E-state index contributed by atoms with van der Waals surface area (Å²) in [6, 6.07) is 0. The van der Waals surface area contributed by atoms with Gasteiger partial charge in [-0.1, -0.05) is 6.08 Å². The summed E-state index contributed by atoms with van der Waals surface area (Å²) in [5.74, 6) is 0.